The fraction of sp³-hybridized carbons (Fsp3) is 0.179. The molecule has 0 radical (unpaired) electrons. The number of methoxy groups -OCH3 is 1. The molecule has 190 valence electrons. The number of rotatable bonds is 6. The van der Waals surface area contributed by atoms with Gasteiger partial charge in [-0.05, 0) is 70.0 Å². The van der Waals surface area contributed by atoms with Gasteiger partial charge in [-0.1, -0.05) is 18.2 Å². The zero-order chi connectivity index (χ0) is 26.9. The SMILES string of the molecule is COc1ccc(/C(O)=C2\C(=O)C(=O)N(c3cccc(NC(C)=O)c3)C2c2ccc(N(C)C)cc2)cc1Br. The first-order valence-corrected chi connectivity index (χ1v) is 12.2. The van der Waals surface area contributed by atoms with Gasteiger partial charge in [0.05, 0.1) is 23.2 Å². The minimum absolute atomic E-state index is 0.0374. The highest BCUT2D eigenvalue weighted by molar-refractivity contribution is 9.10. The molecule has 0 aromatic heterocycles. The van der Waals surface area contributed by atoms with E-state index in [9.17, 15) is 19.5 Å². The maximum Gasteiger partial charge on any atom is 0.300 e. The molecule has 0 saturated carbocycles. The van der Waals surface area contributed by atoms with Gasteiger partial charge in [-0.3, -0.25) is 19.3 Å². The van der Waals surface area contributed by atoms with Crippen molar-refractivity contribution in [3.8, 4) is 5.75 Å². The fourth-order valence-corrected chi connectivity index (χ4v) is 4.82. The molecule has 1 saturated heterocycles. The number of aliphatic hydroxyl groups is 1. The van der Waals surface area contributed by atoms with Gasteiger partial charge in [0.15, 0.2) is 0 Å². The summed E-state index contributed by atoms with van der Waals surface area (Å²) >= 11 is 3.41. The minimum Gasteiger partial charge on any atom is -0.507 e. The van der Waals surface area contributed by atoms with Crippen molar-refractivity contribution < 1.29 is 24.2 Å². The van der Waals surface area contributed by atoms with Crippen molar-refractivity contribution >= 4 is 56.3 Å². The Kier molecular flexibility index (Phi) is 7.35. The third-order valence-corrected chi connectivity index (χ3v) is 6.66. The lowest BCUT2D eigenvalue weighted by atomic mass is 9.95. The van der Waals surface area contributed by atoms with Crippen LogP contribution in [0.25, 0.3) is 5.76 Å². The van der Waals surface area contributed by atoms with E-state index in [1.165, 1.54) is 18.9 Å². The minimum atomic E-state index is -0.898. The second-order valence-electron chi connectivity index (χ2n) is 8.74. The number of ketones is 1. The average Bonchev–Trinajstić information content (AvgIpc) is 3.13. The highest BCUT2D eigenvalue weighted by Crippen LogP contribution is 2.43. The molecular formula is C28H26BrN3O5. The van der Waals surface area contributed by atoms with Crippen LogP contribution in [0.5, 0.6) is 5.75 Å². The molecule has 2 amide bonds. The van der Waals surface area contributed by atoms with E-state index >= 15 is 0 Å². The molecule has 1 unspecified atom stereocenters. The number of ether oxygens (including phenoxy) is 1. The topological polar surface area (TPSA) is 99.2 Å². The quantitative estimate of drug-likeness (QED) is 0.245. The maximum absolute atomic E-state index is 13.4. The summed E-state index contributed by atoms with van der Waals surface area (Å²) in [6, 6.07) is 18.1. The molecule has 1 atom stereocenters. The van der Waals surface area contributed by atoms with Crippen LogP contribution < -0.4 is 19.9 Å². The van der Waals surface area contributed by atoms with Crippen molar-refractivity contribution in [1.82, 2.24) is 0 Å². The van der Waals surface area contributed by atoms with Gasteiger partial charge in [-0.2, -0.15) is 0 Å². The van der Waals surface area contributed by atoms with Crippen molar-refractivity contribution in [3.05, 3.63) is 87.9 Å². The van der Waals surface area contributed by atoms with E-state index < -0.39 is 17.7 Å². The van der Waals surface area contributed by atoms with Crippen molar-refractivity contribution in [2.24, 2.45) is 0 Å². The molecule has 4 rings (SSSR count). The smallest absolute Gasteiger partial charge is 0.300 e. The van der Waals surface area contributed by atoms with Crippen LogP contribution >= 0.6 is 15.9 Å². The molecule has 0 bridgehead atoms. The number of benzene rings is 3. The first-order valence-electron chi connectivity index (χ1n) is 11.4. The number of hydrogen-bond donors (Lipinski definition) is 2. The number of halogens is 1. The van der Waals surface area contributed by atoms with Gasteiger partial charge >= 0.3 is 0 Å². The summed E-state index contributed by atoms with van der Waals surface area (Å²) in [6.45, 7) is 1.39. The van der Waals surface area contributed by atoms with Gasteiger partial charge < -0.3 is 20.1 Å². The average molecular weight is 564 g/mol. The normalized spacial score (nSPS) is 16.6. The molecule has 1 aliphatic rings. The fourth-order valence-electron chi connectivity index (χ4n) is 4.27. The summed E-state index contributed by atoms with van der Waals surface area (Å²) < 4.78 is 5.86. The van der Waals surface area contributed by atoms with Crippen LogP contribution in [0, 0.1) is 0 Å². The molecule has 2 N–H and O–H groups in total. The number of carbonyl (C=O) groups excluding carboxylic acids is 3. The Morgan fingerprint density at radius 2 is 1.76 bits per heavy atom. The third kappa shape index (κ3) is 5.08. The Balaban J connectivity index is 1.91. The second kappa shape index (κ2) is 10.5. The van der Waals surface area contributed by atoms with Crippen LogP contribution in [0.4, 0.5) is 17.1 Å². The summed E-state index contributed by atoms with van der Waals surface area (Å²) in [4.78, 5) is 41.7. The van der Waals surface area contributed by atoms with Gasteiger partial charge in [0.1, 0.15) is 11.5 Å². The number of nitrogens with one attached hydrogen (secondary N) is 1. The Hall–Kier alpha value is -4.11. The van der Waals surface area contributed by atoms with E-state index in [2.05, 4.69) is 21.2 Å². The standard InChI is InChI=1S/C28H26BrN3O5/c1-16(33)30-19-6-5-7-21(15-19)32-25(17-8-11-20(12-9-17)31(2)3)24(27(35)28(32)36)26(34)18-10-13-23(37-4)22(29)14-18/h5-15,25,34H,1-4H3,(H,30,33)/b26-24+. The number of amides is 2. The first-order chi connectivity index (χ1) is 17.6. The van der Waals surface area contributed by atoms with Crippen molar-refractivity contribution in [2.75, 3.05) is 36.3 Å². The molecule has 37 heavy (non-hydrogen) atoms. The molecule has 1 heterocycles. The first kappa shape index (κ1) is 26.0. The molecule has 0 aliphatic carbocycles. The molecule has 3 aromatic carbocycles. The van der Waals surface area contributed by atoms with Crippen LogP contribution in [0.1, 0.15) is 24.1 Å². The highest BCUT2D eigenvalue weighted by Gasteiger charge is 2.47. The number of nitrogens with zero attached hydrogens (tertiary/aromatic N) is 2. The number of Topliss-reactive ketones (excluding diaryl/α,β-unsaturated/α-hetero) is 1. The third-order valence-electron chi connectivity index (χ3n) is 6.04. The Bertz CT molecular complexity index is 1420. The van der Waals surface area contributed by atoms with E-state index in [-0.39, 0.29) is 17.2 Å². The van der Waals surface area contributed by atoms with Crippen molar-refractivity contribution in [3.63, 3.8) is 0 Å². The number of aliphatic hydroxyl groups excluding tert-OH is 1. The van der Waals surface area contributed by atoms with Gasteiger partial charge in [0.2, 0.25) is 5.91 Å². The molecule has 3 aromatic rings. The highest BCUT2D eigenvalue weighted by atomic mass is 79.9. The number of carbonyl (C=O) groups is 3. The molecule has 9 heteroatoms. The van der Waals surface area contributed by atoms with E-state index in [1.807, 2.05) is 43.3 Å². The zero-order valence-corrected chi connectivity index (χ0v) is 22.4. The monoisotopic (exact) mass is 563 g/mol. The molecule has 8 nitrogen and oxygen atoms in total. The Morgan fingerprint density at radius 3 is 2.35 bits per heavy atom. The maximum atomic E-state index is 13.4. The number of anilines is 3. The predicted molar refractivity (Wildman–Crippen MR) is 147 cm³/mol. The van der Waals surface area contributed by atoms with Gasteiger partial charge in [0.25, 0.3) is 11.7 Å². The molecular weight excluding hydrogens is 538 g/mol. The van der Waals surface area contributed by atoms with E-state index in [0.717, 1.165) is 5.69 Å². The van der Waals surface area contributed by atoms with Crippen LogP contribution in [0.15, 0.2) is 76.8 Å². The van der Waals surface area contributed by atoms with Gasteiger partial charge in [-0.15, -0.1) is 0 Å². The number of hydrogen-bond acceptors (Lipinski definition) is 6. The molecule has 1 aliphatic heterocycles. The lowest BCUT2D eigenvalue weighted by Crippen LogP contribution is -2.29. The summed E-state index contributed by atoms with van der Waals surface area (Å²) in [7, 11) is 5.35. The lowest BCUT2D eigenvalue weighted by molar-refractivity contribution is -0.132. The summed E-state index contributed by atoms with van der Waals surface area (Å²) in [5.74, 6) is -1.60. The predicted octanol–water partition coefficient (Wildman–Crippen LogP) is 5.11. The molecule has 0 spiro atoms. The second-order valence-corrected chi connectivity index (χ2v) is 9.59. The Morgan fingerprint density at radius 1 is 1.05 bits per heavy atom. The van der Waals surface area contributed by atoms with Crippen LogP contribution in [0.3, 0.4) is 0 Å². The van der Waals surface area contributed by atoms with Gasteiger partial charge in [-0.25, -0.2) is 0 Å². The van der Waals surface area contributed by atoms with Crippen LogP contribution in [-0.4, -0.2) is 43.9 Å². The van der Waals surface area contributed by atoms with Gasteiger partial charge in [0, 0.05) is 43.6 Å². The van der Waals surface area contributed by atoms with E-state index in [1.54, 1.807) is 42.5 Å². The summed E-state index contributed by atoms with van der Waals surface area (Å²) in [5, 5.41) is 14.1. The van der Waals surface area contributed by atoms with Crippen LogP contribution in [0.2, 0.25) is 0 Å². The molecule has 1 fully saturated rings. The van der Waals surface area contributed by atoms with E-state index in [0.29, 0.717) is 32.7 Å². The van der Waals surface area contributed by atoms with E-state index in [4.69, 9.17) is 4.74 Å². The lowest BCUT2D eigenvalue weighted by Gasteiger charge is -2.26. The Labute approximate surface area is 223 Å². The summed E-state index contributed by atoms with van der Waals surface area (Å²) in [5.41, 5.74) is 2.78. The van der Waals surface area contributed by atoms with Crippen molar-refractivity contribution in [1.29, 1.82) is 0 Å². The summed E-state index contributed by atoms with van der Waals surface area (Å²) in [6.07, 6.45) is 0. The zero-order valence-electron chi connectivity index (χ0n) is 20.8. The van der Waals surface area contributed by atoms with Crippen molar-refractivity contribution in [2.45, 2.75) is 13.0 Å². The van der Waals surface area contributed by atoms with Crippen LogP contribution in [-0.2, 0) is 14.4 Å². The largest absolute Gasteiger partial charge is 0.507 e.